The van der Waals surface area contributed by atoms with Crippen molar-refractivity contribution < 1.29 is 4.52 Å². The van der Waals surface area contributed by atoms with Gasteiger partial charge in [0.15, 0.2) is 5.82 Å². The fraction of sp³-hybridized carbons (Fsp3) is 0.778. The van der Waals surface area contributed by atoms with E-state index < -0.39 is 0 Å². The Morgan fingerprint density at radius 1 is 1.54 bits per heavy atom. The topological polar surface area (TPSA) is 51.0 Å². The highest BCUT2D eigenvalue weighted by molar-refractivity contribution is 4.90. The Kier molecular flexibility index (Phi) is 3.89. The summed E-state index contributed by atoms with van der Waals surface area (Å²) in [6.45, 7) is 4.15. The highest BCUT2D eigenvalue weighted by Gasteiger charge is 2.11. The van der Waals surface area contributed by atoms with E-state index in [1.807, 2.05) is 14.0 Å². The molecule has 74 valence electrons. The van der Waals surface area contributed by atoms with Crippen molar-refractivity contribution in [1.82, 2.24) is 15.5 Å². The molecular weight excluding hydrogens is 166 g/mol. The predicted octanol–water partition coefficient (Wildman–Crippen LogP) is 1.69. The summed E-state index contributed by atoms with van der Waals surface area (Å²) in [5.41, 5.74) is 0. The van der Waals surface area contributed by atoms with E-state index >= 15 is 0 Å². The summed E-state index contributed by atoms with van der Waals surface area (Å²) >= 11 is 0. The quantitative estimate of drug-likeness (QED) is 0.754. The van der Waals surface area contributed by atoms with Crippen LogP contribution >= 0.6 is 0 Å². The summed E-state index contributed by atoms with van der Waals surface area (Å²) in [6, 6.07) is 0.142. The fourth-order valence-electron chi connectivity index (χ4n) is 1.00. The number of nitrogens with zero attached hydrogens (tertiary/aromatic N) is 2. The fourth-order valence-corrected chi connectivity index (χ4v) is 1.00. The summed E-state index contributed by atoms with van der Waals surface area (Å²) in [5, 5.41) is 6.95. The summed E-state index contributed by atoms with van der Waals surface area (Å²) in [5.74, 6) is 1.49. The maximum atomic E-state index is 5.09. The number of nitrogens with one attached hydrogen (secondary N) is 1. The number of rotatable bonds is 5. The molecule has 0 amide bonds. The molecule has 0 fully saturated rings. The van der Waals surface area contributed by atoms with E-state index in [1.165, 1.54) is 0 Å². The minimum atomic E-state index is 0.142. The van der Waals surface area contributed by atoms with Crippen molar-refractivity contribution >= 4 is 0 Å². The predicted molar refractivity (Wildman–Crippen MR) is 50.4 cm³/mol. The first kappa shape index (κ1) is 10.2. The van der Waals surface area contributed by atoms with E-state index in [-0.39, 0.29) is 6.04 Å². The summed E-state index contributed by atoms with van der Waals surface area (Å²) in [6.07, 6.45) is 3.19. The third-order valence-corrected chi connectivity index (χ3v) is 2.04. The van der Waals surface area contributed by atoms with Crippen LogP contribution in [0.5, 0.6) is 0 Å². The normalized spacial score (nSPS) is 13.2. The van der Waals surface area contributed by atoms with E-state index in [1.54, 1.807) is 0 Å². The maximum Gasteiger partial charge on any atom is 0.243 e. The molecule has 0 bridgehead atoms. The van der Waals surface area contributed by atoms with Gasteiger partial charge in [-0.05, 0) is 20.4 Å². The van der Waals surface area contributed by atoms with Crippen LogP contribution in [0.1, 0.15) is 44.4 Å². The van der Waals surface area contributed by atoms with Crippen LogP contribution in [-0.4, -0.2) is 17.2 Å². The molecule has 0 aliphatic heterocycles. The van der Waals surface area contributed by atoms with E-state index in [9.17, 15) is 0 Å². The Balaban J connectivity index is 2.53. The smallest absolute Gasteiger partial charge is 0.243 e. The third-order valence-electron chi connectivity index (χ3n) is 2.04. The zero-order valence-corrected chi connectivity index (χ0v) is 8.50. The van der Waals surface area contributed by atoms with Gasteiger partial charge in [-0.3, -0.25) is 0 Å². The molecule has 0 aromatic carbocycles. The summed E-state index contributed by atoms with van der Waals surface area (Å²) in [4.78, 5) is 4.28. The Morgan fingerprint density at radius 2 is 2.31 bits per heavy atom. The van der Waals surface area contributed by atoms with Crippen molar-refractivity contribution in [2.75, 3.05) is 7.05 Å². The zero-order chi connectivity index (χ0) is 9.68. The molecule has 1 N–H and O–H groups in total. The van der Waals surface area contributed by atoms with Gasteiger partial charge in [0.1, 0.15) is 0 Å². The Labute approximate surface area is 78.7 Å². The minimum absolute atomic E-state index is 0.142. The van der Waals surface area contributed by atoms with Crippen molar-refractivity contribution in [1.29, 1.82) is 0 Å². The molecule has 0 spiro atoms. The van der Waals surface area contributed by atoms with Crippen LogP contribution in [0.2, 0.25) is 0 Å². The molecule has 0 radical (unpaired) electrons. The summed E-state index contributed by atoms with van der Waals surface area (Å²) in [7, 11) is 1.88. The second-order valence-electron chi connectivity index (χ2n) is 3.16. The van der Waals surface area contributed by atoms with E-state index in [4.69, 9.17) is 4.52 Å². The van der Waals surface area contributed by atoms with Crippen molar-refractivity contribution in [3.05, 3.63) is 11.7 Å². The van der Waals surface area contributed by atoms with E-state index in [0.717, 1.165) is 25.1 Å². The molecule has 13 heavy (non-hydrogen) atoms. The van der Waals surface area contributed by atoms with E-state index in [2.05, 4.69) is 22.4 Å². The molecular formula is C9H17N3O. The third kappa shape index (κ3) is 2.81. The average Bonchev–Trinajstić information content (AvgIpc) is 2.62. The van der Waals surface area contributed by atoms with Gasteiger partial charge in [-0.15, -0.1) is 0 Å². The van der Waals surface area contributed by atoms with Crippen LogP contribution in [-0.2, 0) is 6.42 Å². The molecule has 1 heterocycles. The van der Waals surface area contributed by atoms with Gasteiger partial charge in [0, 0.05) is 6.42 Å². The first-order valence-electron chi connectivity index (χ1n) is 4.77. The molecule has 1 aromatic rings. The van der Waals surface area contributed by atoms with Gasteiger partial charge in [-0.1, -0.05) is 18.5 Å². The highest BCUT2D eigenvalue weighted by atomic mass is 16.5. The number of aryl methyl sites for hydroxylation is 1. The SMILES string of the molecule is CCCCc1noc(C(C)NC)n1. The van der Waals surface area contributed by atoms with Crippen molar-refractivity contribution in [2.24, 2.45) is 0 Å². The average molecular weight is 183 g/mol. The second kappa shape index (κ2) is 4.97. The van der Waals surface area contributed by atoms with Crippen molar-refractivity contribution in [2.45, 2.75) is 39.2 Å². The second-order valence-corrected chi connectivity index (χ2v) is 3.16. The number of aromatic nitrogens is 2. The molecule has 1 unspecified atom stereocenters. The van der Waals surface area contributed by atoms with Crippen LogP contribution < -0.4 is 5.32 Å². The van der Waals surface area contributed by atoms with Gasteiger partial charge in [-0.25, -0.2) is 0 Å². The molecule has 4 nitrogen and oxygen atoms in total. The molecule has 0 saturated carbocycles. The van der Waals surface area contributed by atoms with Gasteiger partial charge >= 0.3 is 0 Å². The highest BCUT2D eigenvalue weighted by Crippen LogP contribution is 2.09. The van der Waals surface area contributed by atoms with Gasteiger partial charge < -0.3 is 9.84 Å². The maximum absolute atomic E-state index is 5.09. The van der Waals surface area contributed by atoms with Crippen LogP contribution in [0.4, 0.5) is 0 Å². The van der Waals surface area contributed by atoms with Crippen LogP contribution in [0.3, 0.4) is 0 Å². The molecule has 4 heteroatoms. The monoisotopic (exact) mass is 183 g/mol. The van der Waals surface area contributed by atoms with Gasteiger partial charge in [0.05, 0.1) is 6.04 Å². The minimum Gasteiger partial charge on any atom is -0.338 e. The van der Waals surface area contributed by atoms with Gasteiger partial charge in [0.25, 0.3) is 0 Å². The Hall–Kier alpha value is -0.900. The van der Waals surface area contributed by atoms with Gasteiger partial charge in [-0.2, -0.15) is 4.98 Å². The lowest BCUT2D eigenvalue weighted by atomic mass is 10.2. The standard InChI is InChI=1S/C9H17N3O/c1-4-5-6-8-11-9(13-12-8)7(2)10-3/h7,10H,4-6H2,1-3H3. The lowest BCUT2D eigenvalue weighted by molar-refractivity contribution is 0.343. The van der Waals surface area contributed by atoms with Gasteiger partial charge in [0.2, 0.25) is 5.89 Å². The van der Waals surface area contributed by atoms with Crippen LogP contribution in [0.15, 0.2) is 4.52 Å². The molecule has 1 rings (SSSR count). The first-order chi connectivity index (χ1) is 6.27. The first-order valence-corrected chi connectivity index (χ1v) is 4.77. The number of hydrogen-bond acceptors (Lipinski definition) is 4. The molecule has 0 saturated heterocycles. The number of unbranched alkanes of at least 4 members (excludes halogenated alkanes) is 1. The largest absolute Gasteiger partial charge is 0.338 e. The number of hydrogen-bond donors (Lipinski definition) is 1. The zero-order valence-electron chi connectivity index (χ0n) is 8.50. The van der Waals surface area contributed by atoms with Crippen LogP contribution in [0.25, 0.3) is 0 Å². The van der Waals surface area contributed by atoms with Crippen molar-refractivity contribution in [3.63, 3.8) is 0 Å². The van der Waals surface area contributed by atoms with Crippen LogP contribution in [0, 0.1) is 0 Å². The summed E-state index contributed by atoms with van der Waals surface area (Å²) < 4.78 is 5.09. The molecule has 1 atom stereocenters. The lowest BCUT2D eigenvalue weighted by Crippen LogP contribution is -2.12. The molecule has 1 aromatic heterocycles. The molecule has 0 aliphatic rings. The molecule has 0 aliphatic carbocycles. The Bertz CT molecular complexity index is 247. The van der Waals surface area contributed by atoms with Crippen molar-refractivity contribution in [3.8, 4) is 0 Å². The van der Waals surface area contributed by atoms with E-state index in [0.29, 0.717) is 5.89 Å². The lowest BCUT2D eigenvalue weighted by Gasteiger charge is -2.01. The Morgan fingerprint density at radius 3 is 2.92 bits per heavy atom.